The van der Waals surface area contributed by atoms with Gasteiger partial charge in [0.25, 0.3) is 0 Å². The number of ether oxygens (including phenoxy) is 1. The van der Waals surface area contributed by atoms with Gasteiger partial charge in [0.15, 0.2) is 0 Å². The smallest absolute Gasteiger partial charge is 0.136 e. The Balaban J connectivity index is 1.55. The highest BCUT2D eigenvalue weighted by Crippen LogP contribution is 2.37. The zero-order valence-electron chi connectivity index (χ0n) is 19.3. The van der Waals surface area contributed by atoms with Gasteiger partial charge >= 0.3 is 0 Å². The highest BCUT2D eigenvalue weighted by molar-refractivity contribution is 6.08. The van der Waals surface area contributed by atoms with E-state index in [1.54, 1.807) is 7.11 Å². The van der Waals surface area contributed by atoms with E-state index in [4.69, 9.17) is 10.1 Å². The summed E-state index contributed by atoms with van der Waals surface area (Å²) >= 11 is 0. The number of nitriles is 1. The maximum Gasteiger partial charge on any atom is 0.136 e. The van der Waals surface area contributed by atoms with Gasteiger partial charge in [0, 0.05) is 36.3 Å². The van der Waals surface area contributed by atoms with E-state index in [2.05, 4.69) is 48.7 Å². The molecule has 1 aliphatic rings. The lowest BCUT2D eigenvalue weighted by Crippen LogP contribution is -2.20. The Bertz CT molecular complexity index is 981. The van der Waals surface area contributed by atoms with Crippen LogP contribution in [0.1, 0.15) is 62.1 Å². The van der Waals surface area contributed by atoms with Crippen LogP contribution in [0.3, 0.4) is 0 Å². The van der Waals surface area contributed by atoms with E-state index in [9.17, 15) is 5.26 Å². The van der Waals surface area contributed by atoms with Crippen molar-refractivity contribution in [3.05, 3.63) is 65.4 Å². The third kappa shape index (κ3) is 6.13. The molecule has 0 aliphatic heterocycles. The number of hydrogen-bond donors (Lipinski definition) is 3. The Morgan fingerprint density at radius 1 is 1.19 bits per heavy atom. The van der Waals surface area contributed by atoms with Crippen molar-refractivity contribution in [3.8, 4) is 11.8 Å². The van der Waals surface area contributed by atoms with Crippen LogP contribution in [0, 0.1) is 22.7 Å². The number of nitrogens with one attached hydrogen (secondary N) is 3. The lowest BCUT2D eigenvalue weighted by atomic mass is 9.78. The summed E-state index contributed by atoms with van der Waals surface area (Å²) in [6.45, 7) is 5.12. The molecule has 0 spiro atoms. The quantitative estimate of drug-likeness (QED) is 0.430. The highest BCUT2D eigenvalue weighted by atomic mass is 16.5. The molecule has 3 N–H and O–H groups in total. The molecular formula is C27H34N4O. The van der Waals surface area contributed by atoms with Gasteiger partial charge in [-0.05, 0) is 86.8 Å². The van der Waals surface area contributed by atoms with E-state index < -0.39 is 0 Å². The Morgan fingerprint density at radius 3 is 2.62 bits per heavy atom. The fraction of sp³-hybridized carbons (Fsp3) is 0.407. The molecule has 0 atom stereocenters. The molecule has 0 saturated heterocycles. The lowest BCUT2D eigenvalue weighted by Gasteiger charge is -2.29. The number of anilines is 1. The molecule has 168 valence electrons. The summed E-state index contributed by atoms with van der Waals surface area (Å²) in [4.78, 5) is 0. The first-order valence-electron chi connectivity index (χ1n) is 11.4. The maximum atomic E-state index is 9.36. The molecule has 0 unspecified atom stereocenters. The predicted octanol–water partition coefficient (Wildman–Crippen LogP) is 5.94. The van der Waals surface area contributed by atoms with Gasteiger partial charge in [-0.15, -0.1) is 0 Å². The number of allylic oxidation sites excluding steroid dienone is 1. The van der Waals surface area contributed by atoms with Gasteiger partial charge in [-0.1, -0.05) is 18.2 Å². The van der Waals surface area contributed by atoms with Gasteiger partial charge in [0.05, 0.1) is 12.7 Å². The first kappa shape index (κ1) is 23.4. The van der Waals surface area contributed by atoms with Crippen molar-refractivity contribution < 1.29 is 4.74 Å². The van der Waals surface area contributed by atoms with Crippen molar-refractivity contribution in [1.82, 2.24) is 5.32 Å². The highest BCUT2D eigenvalue weighted by Gasteiger charge is 2.23. The summed E-state index contributed by atoms with van der Waals surface area (Å²) in [5.41, 5.74) is 4.88. The Kier molecular flexibility index (Phi) is 8.33. The maximum absolute atomic E-state index is 9.36. The van der Waals surface area contributed by atoms with Crippen molar-refractivity contribution in [2.75, 3.05) is 19.0 Å². The SMILES string of the molecule is COc1ccc(C2CCC(CNc3cccc(/C(C=N)=C/NC(C)C)c3)CC2)cc1C#N. The van der Waals surface area contributed by atoms with E-state index >= 15 is 0 Å². The van der Waals surface area contributed by atoms with Gasteiger partial charge in [-0.2, -0.15) is 5.26 Å². The molecule has 0 heterocycles. The second-order valence-corrected chi connectivity index (χ2v) is 8.82. The average molecular weight is 431 g/mol. The fourth-order valence-corrected chi connectivity index (χ4v) is 4.30. The summed E-state index contributed by atoms with van der Waals surface area (Å²) in [6.07, 6.45) is 7.95. The van der Waals surface area contributed by atoms with Crippen molar-refractivity contribution in [3.63, 3.8) is 0 Å². The van der Waals surface area contributed by atoms with Crippen LogP contribution >= 0.6 is 0 Å². The van der Waals surface area contributed by atoms with E-state index in [0.717, 1.165) is 36.2 Å². The van der Waals surface area contributed by atoms with Crippen molar-refractivity contribution in [2.24, 2.45) is 5.92 Å². The molecule has 1 fully saturated rings. The Hall–Kier alpha value is -3.26. The predicted molar refractivity (Wildman–Crippen MR) is 132 cm³/mol. The Morgan fingerprint density at radius 2 is 1.97 bits per heavy atom. The van der Waals surface area contributed by atoms with Crippen LogP contribution in [0.5, 0.6) is 5.75 Å². The van der Waals surface area contributed by atoms with E-state index in [1.807, 2.05) is 30.5 Å². The molecule has 3 rings (SSSR count). The van der Waals surface area contributed by atoms with Gasteiger partial charge < -0.3 is 20.8 Å². The van der Waals surface area contributed by atoms with E-state index in [1.165, 1.54) is 24.6 Å². The molecule has 1 aliphatic carbocycles. The largest absolute Gasteiger partial charge is 0.495 e. The Labute approximate surface area is 192 Å². The van der Waals surface area contributed by atoms with Gasteiger partial charge in [-0.3, -0.25) is 0 Å². The standard InChI is InChI=1S/C27H34N4O/c1-19(2)30-18-25(16-29)22-5-4-6-26(14-22)31-17-20-7-9-21(10-8-20)23-11-12-27(32-3)24(13-23)15-28/h4-6,11-14,16,18-21,29-31H,7-10,17H2,1-3H3/b25-18+,29-16?. The van der Waals surface area contributed by atoms with Crippen LogP contribution in [0.4, 0.5) is 5.69 Å². The molecule has 5 nitrogen and oxygen atoms in total. The molecule has 2 aromatic rings. The van der Waals surface area contributed by atoms with Crippen LogP contribution in [0.25, 0.3) is 5.57 Å². The zero-order chi connectivity index (χ0) is 22.9. The van der Waals surface area contributed by atoms with Gasteiger partial charge in [-0.25, -0.2) is 0 Å². The zero-order valence-corrected chi connectivity index (χ0v) is 19.3. The van der Waals surface area contributed by atoms with Crippen LogP contribution in [-0.4, -0.2) is 25.9 Å². The molecule has 0 bridgehead atoms. The molecule has 0 aromatic heterocycles. The minimum absolute atomic E-state index is 0.339. The number of rotatable bonds is 9. The normalized spacial score (nSPS) is 18.7. The molecule has 0 radical (unpaired) electrons. The van der Waals surface area contributed by atoms with E-state index in [-0.39, 0.29) is 0 Å². The topological polar surface area (TPSA) is 80.9 Å². The average Bonchev–Trinajstić information content (AvgIpc) is 2.83. The van der Waals surface area contributed by atoms with Gasteiger partial charge in [0.1, 0.15) is 11.8 Å². The summed E-state index contributed by atoms with van der Waals surface area (Å²) in [5.74, 6) is 1.81. The van der Waals surface area contributed by atoms with Crippen molar-refractivity contribution in [2.45, 2.75) is 51.5 Å². The summed E-state index contributed by atoms with van der Waals surface area (Å²) in [7, 11) is 1.61. The number of nitrogens with zero attached hydrogens (tertiary/aromatic N) is 1. The second-order valence-electron chi connectivity index (χ2n) is 8.82. The second kappa shape index (κ2) is 11.4. The summed E-state index contributed by atoms with van der Waals surface area (Å²) in [5, 5.41) is 24.0. The molecule has 0 amide bonds. The van der Waals surface area contributed by atoms with Crippen molar-refractivity contribution >= 4 is 17.5 Å². The fourth-order valence-electron chi connectivity index (χ4n) is 4.30. The van der Waals surface area contributed by atoms with Crippen molar-refractivity contribution in [1.29, 1.82) is 10.7 Å². The van der Waals surface area contributed by atoms with Crippen LogP contribution in [0.15, 0.2) is 48.7 Å². The number of hydrogen-bond acceptors (Lipinski definition) is 5. The van der Waals surface area contributed by atoms with Crippen LogP contribution in [0.2, 0.25) is 0 Å². The monoisotopic (exact) mass is 430 g/mol. The molecule has 32 heavy (non-hydrogen) atoms. The number of methoxy groups -OCH3 is 1. The minimum atomic E-state index is 0.339. The lowest BCUT2D eigenvalue weighted by molar-refractivity contribution is 0.338. The molecule has 5 heteroatoms. The van der Waals surface area contributed by atoms with Crippen LogP contribution in [-0.2, 0) is 0 Å². The first-order valence-corrected chi connectivity index (χ1v) is 11.4. The minimum Gasteiger partial charge on any atom is -0.495 e. The summed E-state index contributed by atoms with van der Waals surface area (Å²) in [6, 6.07) is 16.9. The number of benzene rings is 2. The molecule has 1 saturated carbocycles. The van der Waals surface area contributed by atoms with Crippen LogP contribution < -0.4 is 15.4 Å². The first-order chi connectivity index (χ1) is 15.5. The summed E-state index contributed by atoms with van der Waals surface area (Å²) < 4.78 is 5.27. The third-order valence-corrected chi connectivity index (χ3v) is 6.18. The third-order valence-electron chi connectivity index (χ3n) is 6.18. The van der Waals surface area contributed by atoms with Gasteiger partial charge in [0.2, 0.25) is 0 Å². The molecular weight excluding hydrogens is 396 g/mol. The van der Waals surface area contributed by atoms with E-state index in [0.29, 0.717) is 29.2 Å². The molecule has 2 aromatic carbocycles.